The normalized spacial score (nSPS) is 24.6. The topological polar surface area (TPSA) is 32.3 Å². The van der Waals surface area contributed by atoms with Gasteiger partial charge in [0.25, 0.3) is 0 Å². The third-order valence-electron chi connectivity index (χ3n) is 3.59. The van der Waals surface area contributed by atoms with Crippen LogP contribution in [0.1, 0.15) is 32.6 Å². The van der Waals surface area contributed by atoms with Crippen molar-refractivity contribution in [2.24, 2.45) is 11.8 Å². The van der Waals surface area contributed by atoms with Gasteiger partial charge >= 0.3 is 0 Å². The number of rotatable bonds is 3. The van der Waals surface area contributed by atoms with Crippen LogP contribution in [-0.2, 0) is 0 Å². The predicted octanol–water partition coefficient (Wildman–Crippen LogP) is 3.77. The first-order chi connectivity index (χ1) is 8.15. The lowest BCUT2D eigenvalue weighted by Crippen LogP contribution is -2.21. The molecule has 1 aromatic carbocycles. The first-order valence-electron chi connectivity index (χ1n) is 6.37. The van der Waals surface area contributed by atoms with Crippen molar-refractivity contribution >= 4 is 5.69 Å². The second kappa shape index (κ2) is 5.39. The second-order valence-corrected chi connectivity index (χ2v) is 5.18. The smallest absolute Gasteiger partial charge is 0.166 e. The van der Waals surface area contributed by atoms with E-state index in [1.165, 1.54) is 37.8 Å². The predicted molar refractivity (Wildman–Crippen MR) is 67.7 cm³/mol. The molecule has 1 aliphatic rings. The Morgan fingerprint density at radius 1 is 1.41 bits per heavy atom. The molecule has 3 heteroatoms. The maximum atomic E-state index is 13.1. The molecular weight excluding hydrogens is 217 g/mol. The zero-order valence-corrected chi connectivity index (χ0v) is 10.2. The molecule has 0 aliphatic heterocycles. The average Bonchev–Trinajstić information content (AvgIpc) is 2.31. The molecule has 0 saturated heterocycles. The Kier molecular flexibility index (Phi) is 3.87. The van der Waals surface area contributed by atoms with Crippen molar-refractivity contribution in [3.63, 3.8) is 0 Å². The SMILES string of the molecule is CC1CCCC(CNc2ccc(O)c(F)c2)C1. The fourth-order valence-electron chi connectivity index (χ4n) is 2.62. The highest BCUT2D eigenvalue weighted by atomic mass is 19.1. The fraction of sp³-hybridized carbons (Fsp3) is 0.571. The van der Waals surface area contributed by atoms with Gasteiger partial charge in [-0.1, -0.05) is 19.8 Å². The van der Waals surface area contributed by atoms with Crippen molar-refractivity contribution in [1.82, 2.24) is 0 Å². The Bertz CT molecular complexity index is 380. The van der Waals surface area contributed by atoms with Gasteiger partial charge in [-0.2, -0.15) is 0 Å². The number of hydrogen-bond donors (Lipinski definition) is 2. The monoisotopic (exact) mass is 237 g/mol. The van der Waals surface area contributed by atoms with Gasteiger partial charge in [0, 0.05) is 18.3 Å². The molecule has 0 radical (unpaired) electrons. The van der Waals surface area contributed by atoms with Crippen LogP contribution in [0, 0.1) is 17.7 Å². The van der Waals surface area contributed by atoms with E-state index in [-0.39, 0.29) is 5.75 Å². The molecule has 0 aromatic heterocycles. The molecule has 17 heavy (non-hydrogen) atoms. The van der Waals surface area contributed by atoms with Gasteiger partial charge in [0.15, 0.2) is 11.6 Å². The van der Waals surface area contributed by atoms with Crippen LogP contribution in [0.2, 0.25) is 0 Å². The largest absolute Gasteiger partial charge is 0.505 e. The lowest BCUT2D eigenvalue weighted by atomic mass is 9.82. The van der Waals surface area contributed by atoms with Crippen molar-refractivity contribution in [2.45, 2.75) is 32.6 Å². The summed E-state index contributed by atoms with van der Waals surface area (Å²) in [5.74, 6) is 0.650. The first-order valence-corrected chi connectivity index (χ1v) is 6.37. The molecule has 1 fully saturated rings. The Morgan fingerprint density at radius 2 is 2.24 bits per heavy atom. The summed E-state index contributed by atoms with van der Waals surface area (Å²) in [5, 5.41) is 12.3. The standard InChI is InChI=1S/C14H20FNO/c1-10-3-2-4-11(7-10)9-16-12-5-6-14(17)13(15)8-12/h5-6,8,10-11,16-17H,2-4,7,9H2,1H3. The van der Waals surface area contributed by atoms with Crippen LogP contribution in [0.5, 0.6) is 5.75 Å². The molecule has 1 aliphatic carbocycles. The molecular formula is C14H20FNO. The van der Waals surface area contributed by atoms with Crippen molar-refractivity contribution in [1.29, 1.82) is 0 Å². The van der Waals surface area contributed by atoms with Gasteiger partial charge in [-0.15, -0.1) is 0 Å². The summed E-state index contributed by atoms with van der Waals surface area (Å²) in [6, 6.07) is 4.45. The van der Waals surface area contributed by atoms with Gasteiger partial charge in [0.1, 0.15) is 0 Å². The molecule has 2 N–H and O–H groups in total. The van der Waals surface area contributed by atoms with Gasteiger partial charge in [-0.05, 0) is 36.8 Å². The van der Waals surface area contributed by atoms with Crippen molar-refractivity contribution in [3.05, 3.63) is 24.0 Å². The molecule has 2 unspecified atom stereocenters. The highest BCUT2D eigenvalue weighted by Gasteiger charge is 2.18. The van der Waals surface area contributed by atoms with E-state index >= 15 is 0 Å². The Labute approximate surface area is 102 Å². The first kappa shape index (κ1) is 12.2. The molecule has 2 atom stereocenters. The van der Waals surface area contributed by atoms with Gasteiger partial charge in [-0.3, -0.25) is 0 Å². The number of anilines is 1. The van der Waals surface area contributed by atoms with E-state index in [0.29, 0.717) is 5.92 Å². The Balaban J connectivity index is 1.86. The van der Waals surface area contributed by atoms with Crippen molar-refractivity contribution in [2.75, 3.05) is 11.9 Å². The molecule has 2 nitrogen and oxygen atoms in total. The number of hydrogen-bond acceptors (Lipinski definition) is 2. The Hall–Kier alpha value is -1.25. The number of aromatic hydroxyl groups is 1. The quantitative estimate of drug-likeness (QED) is 0.784. The van der Waals surface area contributed by atoms with E-state index < -0.39 is 5.82 Å². The summed E-state index contributed by atoms with van der Waals surface area (Å²) in [6.45, 7) is 3.20. The average molecular weight is 237 g/mol. The van der Waals surface area contributed by atoms with E-state index in [9.17, 15) is 4.39 Å². The van der Waals surface area contributed by atoms with E-state index in [1.807, 2.05) is 0 Å². The number of halogens is 1. The zero-order chi connectivity index (χ0) is 12.3. The van der Waals surface area contributed by atoms with Crippen LogP contribution >= 0.6 is 0 Å². The summed E-state index contributed by atoms with van der Waals surface area (Å²) < 4.78 is 13.1. The van der Waals surface area contributed by atoms with Gasteiger partial charge in [-0.25, -0.2) is 4.39 Å². The highest BCUT2D eigenvalue weighted by molar-refractivity contribution is 5.46. The maximum absolute atomic E-state index is 13.1. The summed E-state index contributed by atoms with van der Waals surface area (Å²) in [4.78, 5) is 0. The van der Waals surface area contributed by atoms with E-state index in [1.54, 1.807) is 6.07 Å². The summed E-state index contributed by atoms with van der Waals surface area (Å²) in [6.07, 6.45) is 5.16. The van der Waals surface area contributed by atoms with Gasteiger partial charge in [0.05, 0.1) is 0 Å². The lowest BCUT2D eigenvalue weighted by Gasteiger charge is -2.27. The zero-order valence-electron chi connectivity index (χ0n) is 10.2. The third kappa shape index (κ3) is 3.35. The fourth-order valence-corrected chi connectivity index (χ4v) is 2.62. The van der Waals surface area contributed by atoms with Crippen LogP contribution in [0.4, 0.5) is 10.1 Å². The van der Waals surface area contributed by atoms with E-state index in [2.05, 4.69) is 12.2 Å². The summed E-state index contributed by atoms with van der Waals surface area (Å²) in [7, 11) is 0. The number of phenols is 1. The van der Waals surface area contributed by atoms with Crippen molar-refractivity contribution in [3.8, 4) is 5.75 Å². The van der Waals surface area contributed by atoms with E-state index in [0.717, 1.165) is 18.2 Å². The van der Waals surface area contributed by atoms with Crippen LogP contribution in [0.3, 0.4) is 0 Å². The molecule has 0 heterocycles. The molecule has 0 amide bonds. The molecule has 1 saturated carbocycles. The van der Waals surface area contributed by atoms with E-state index in [4.69, 9.17) is 5.11 Å². The van der Waals surface area contributed by atoms with Crippen molar-refractivity contribution < 1.29 is 9.50 Å². The van der Waals surface area contributed by atoms with Crippen LogP contribution < -0.4 is 5.32 Å². The van der Waals surface area contributed by atoms with Crippen LogP contribution in [0.15, 0.2) is 18.2 Å². The summed E-state index contributed by atoms with van der Waals surface area (Å²) >= 11 is 0. The number of phenolic OH excluding ortho intramolecular Hbond substituents is 1. The Morgan fingerprint density at radius 3 is 2.94 bits per heavy atom. The lowest BCUT2D eigenvalue weighted by molar-refractivity contribution is 0.293. The van der Waals surface area contributed by atoms with Gasteiger partial charge in [0.2, 0.25) is 0 Å². The minimum atomic E-state index is -0.563. The number of benzene rings is 1. The third-order valence-corrected chi connectivity index (χ3v) is 3.59. The van der Waals surface area contributed by atoms with Crippen LogP contribution in [0.25, 0.3) is 0 Å². The van der Waals surface area contributed by atoms with Gasteiger partial charge < -0.3 is 10.4 Å². The molecule has 0 bridgehead atoms. The maximum Gasteiger partial charge on any atom is 0.166 e. The molecule has 94 valence electrons. The number of nitrogens with one attached hydrogen (secondary N) is 1. The van der Waals surface area contributed by atoms with Crippen LogP contribution in [-0.4, -0.2) is 11.7 Å². The summed E-state index contributed by atoms with van der Waals surface area (Å²) in [5.41, 5.74) is 0.749. The highest BCUT2D eigenvalue weighted by Crippen LogP contribution is 2.29. The molecule has 1 aromatic rings. The molecule has 0 spiro atoms. The minimum absolute atomic E-state index is 0.290. The second-order valence-electron chi connectivity index (χ2n) is 5.18. The molecule has 2 rings (SSSR count). The minimum Gasteiger partial charge on any atom is -0.505 e.